The van der Waals surface area contributed by atoms with Gasteiger partial charge in [0.05, 0.1) is 4.92 Å². The lowest BCUT2D eigenvalue weighted by molar-refractivity contribution is -0.384. The highest BCUT2D eigenvalue weighted by Crippen LogP contribution is 2.31. The van der Waals surface area contributed by atoms with Crippen molar-refractivity contribution >= 4 is 17.5 Å². The Labute approximate surface area is 147 Å². The van der Waals surface area contributed by atoms with Crippen molar-refractivity contribution in [1.29, 1.82) is 0 Å². The molecule has 1 atom stereocenters. The number of nitrogens with one attached hydrogen (secondary N) is 2. The number of piperidine rings is 1. The normalized spacial score (nSPS) is 17.9. The van der Waals surface area contributed by atoms with Gasteiger partial charge < -0.3 is 9.64 Å². The van der Waals surface area contributed by atoms with E-state index in [-0.39, 0.29) is 16.7 Å². The number of hydrazine groups is 1. The molecule has 1 aliphatic heterocycles. The summed E-state index contributed by atoms with van der Waals surface area (Å²) >= 11 is 0. The number of nitro groups is 1. The van der Waals surface area contributed by atoms with E-state index in [9.17, 15) is 14.9 Å². The lowest BCUT2D eigenvalue weighted by Crippen LogP contribution is -2.53. The first kappa shape index (κ1) is 19.0. The second-order valence-corrected chi connectivity index (χ2v) is 7.31. The number of benzene rings is 1. The minimum Gasteiger partial charge on any atom is -0.443 e. The molecule has 0 radical (unpaired) electrons. The summed E-state index contributed by atoms with van der Waals surface area (Å²) in [6, 6.07) is 5.11. The van der Waals surface area contributed by atoms with Gasteiger partial charge >= 0.3 is 6.09 Å². The van der Waals surface area contributed by atoms with Gasteiger partial charge in [0.1, 0.15) is 11.3 Å². The number of hydrogen-bond acceptors (Lipinski definition) is 6. The van der Waals surface area contributed by atoms with Crippen LogP contribution in [0.15, 0.2) is 18.2 Å². The fraction of sp³-hybridized carbons (Fsp3) is 0.588. The Bertz CT molecular complexity index is 642. The number of carbonyl (C=O) groups is 1. The Balaban J connectivity index is 2.01. The minimum absolute atomic E-state index is 0.0126. The van der Waals surface area contributed by atoms with Gasteiger partial charge in [0.2, 0.25) is 0 Å². The van der Waals surface area contributed by atoms with Gasteiger partial charge in [-0.05, 0) is 52.2 Å². The summed E-state index contributed by atoms with van der Waals surface area (Å²) in [5.74, 6) is 0. The molecule has 0 saturated carbocycles. The second-order valence-electron chi connectivity index (χ2n) is 7.31. The maximum Gasteiger partial charge on any atom is 0.422 e. The molecule has 25 heavy (non-hydrogen) atoms. The zero-order chi connectivity index (χ0) is 18.6. The van der Waals surface area contributed by atoms with E-state index in [1.165, 1.54) is 0 Å². The molecule has 0 bridgehead atoms. The number of aryl methyl sites for hydroxylation is 1. The van der Waals surface area contributed by atoms with E-state index in [2.05, 4.69) is 10.9 Å². The average Bonchev–Trinajstić information content (AvgIpc) is 2.51. The van der Waals surface area contributed by atoms with Gasteiger partial charge in [0.25, 0.3) is 5.69 Å². The van der Waals surface area contributed by atoms with Crippen LogP contribution in [0.1, 0.15) is 39.2 Å². The third-order valence-corrected chi connectivity index (χ3v) is 3.87. The summed E-state index contributed by atoms with van der Waals surface area (Å²) in [6.07, 6.45) is 1.20. The van der Waals surface area contributed by atoms with E-state index in [4.69, 9.17) is 4.74 Å². The van der Waals surface area contributed by atoms with Gasteiger partial charge in [-0.2, -0.15) is 0 Å². The molecule has 1 heterocycles. The van der Waals surface area contributed by atoms with Crippen LogP contribution < -0.4 is 15.8 Å². The van der Waals surface area contributed by atoms with Crippen molar-refractivity contribution in [2.75, 3.05) is 18.0 Å². The molecule has 1 aromatic carbocycles. The van der Waals surface area contributed by atoms with Gasteiger partial charge in [-0.3, -0.25) is 15.5 Å². The summed E-state index contributed by atoms with van der Waals surface area (Å²) in [5, 5.41) is 11.3. The summed E-state index contributed by atoms with van der Waals surface area (Å²) in [5.41, 5.74) is 6.66. The van der Waals surface area contributed by atoms with Crippen LogP contribution >= 0.6 is 0 Å². The molecule has 0 spiro atoms. The molecule has 1 aromatic rings. The van der Waals surface area contributed by atoms with E-state index in [0.717, 1.165) is 24.9 Å². The Hall–Kier alpha value is -2.35. The Morgan fingerprint density at radius 1 is 1.40 bits per heavy atom. The molecule has 2 rings (SSSR count). The quantitative estimate of drug-likeness (QED) is 0.640. The number of carbonyl (C=O) groups excluding carboxylic acids is 1. The molecule has 1 unspecified atom stereocenters. The first-order valence-corrected chi connectivity index (χ1v) is 8.40. The molecule has 1 amide bonds. The van der Waals surface area contributed by atoms with Crippen molar-refractivity contribution < 1.29 is 14.5 Å². The zero-order valence-electron chi connectivity index (χ0n) is 15.2. The van der Waals surface area contributed by atoms with Crippen molar-refractivity contribution in [2.24, 2.45) is 0 Å². The number of ether oxygens (including phenoxy) is 1. The van der Waals surface area contributed by atoms with Crippen LogP contribution in [0.25, 0.3) is 0 Å². The summed E-state index contributed by atoms with van der Waals surface area (Å²) < 4.78 is 5.19. The molecule has 1 saturated heterocycles. The van der Waals surface area contributed by atoms with Crippen LogP contribution in [-0.4, -0.2) is 35.7 Å². The fourth-order valence-corrected chi connectivity index (χ4v) is 2.82. The van der Waals surface area contributed by atoms with Crippen LogP contribution in [0.2, 0.25) is 0 Å². The largest absolute Gasteiger partial charge is 0.443 e. The average molecular weight is 350 g/mol. The highest BCUT2D eigenvalue weighted by Gasteiger charge is 2.26. The standard InChI is InChI=1S/C17H26N4O4/c1-12-7-8-14(21(23)24)15(10-12)20-9-5-6-13(11-20)18-19-16(22)25-17(2,3)4/h7-8,10,13,18H,5-6,9,11H2,1-4H3,(H,19,22). The lowest BCUT2D eigenvalue weighted by atomic mass is 10.0. The predicted octanol–water partition coefficient (Wildman–Crippen LogP) is 2.90. The number of amides is 1. The van der Waals surface area contributed by atoms with Crippen LogP contribution in [0.4, 0.5) is 16.2 Å². The number of nitrogens with zero attached hydrogens (tertiary/aromatic N) is 2. The third-order valence-electron chi connectivity index (χ3n) is 3.87. The van der Waals surface area contributed by atoms with Crippen LogP contribution in [0, 0.1) is 17.0 Å². The summed E-state index contributed by atoms with van der Waals surface area (Å²) in [7, 11) is 0. The summed E-state index contributed by atoms with van der Waals surface area (Å²) in [6.45, 7) is 8.62. The smallest absolute Gasteiger partial charge is 0.422 e. The third kappa shape index (κ3) is 5.60. The van der Waals surface area contributed by atoms with E-state index in [0.29, 0.717) is 12.2 Å². The Morgan fingerprint density at radius 2 is 2.12 bits per heavy atom. The zero-order valence-corrected chi connectivity index (χ0v) is 15.2. The van der Waals surface area contributed by atoms with E-state index in [1.807, 2.05) is 17.9 Å². The van der Waals surface area contributed by atoms with Gasteiger partial charge in [-0.25, -0.2) is 10.2 Å². The Kier molecular flexibility index (Phi) is 5.84. The van der Waals surface area contributed by atoms with Crippen molar-refractivity contribution in [3.63, 3.8) is 0 Å². The molecular weight excluding hydrogens is 324 g/mol. The highest BCUT2D eigenvalue weighted by molar-refractivity contribution is 5.67. The topological polar surface area (TPSA) is 96.7 Å². The van der Waals surface area contributed by atoms with Gasteiger partial charge in [0, 0.05) is 25.2 Å². The molecule has 0 aliphatic carbocycles. The molecule has 138 valence electrons. The first-order valence-electron chi connectivity index (χ1n) is 8.40. The molecule has 1 fully saturated rings. The predicted molar refractivity (Wildman–Crippen MR) is 95.6 cm³/mol. The maximum atomic E-state index is 11.7. The van der Waals surface area contributed by atoms with Crippen molar-refractivity contribution in [3.8, 4) is 0 Å². The van der Waals surface area contributed by atoms with Gasteiger partial charge in [-0.15, -0.1) is 0 Å². The van der Waals surface area contributed by atoms with Crippen LogP contribution in [-0.2, 0) is 4.74 Å². The van der Waals surface area contributed by atoms with E-state index in [1.54, 1.807) is 32.9 Å². The monoisotopic (exact) mass is 350 g/mol. The van der Waals surface area contributed by atoms with E-state index < -0.39 is 11.7 Å². The molecule has 0 aromatic heterocycles. The van der Waals surface area contributed by atoms with Gasteiger partial charge in [0.15, 0.2) is 0 Å². The first-order chi connectivity index (χ1) is 11.7. The molecule has 1 aliphatic rings. The van der Waals surface area contributed by atoms with Crippen LogP contribution in [0.5, 0.6) is 0 Å². The minimum atomic E-state index is -0.563. The lowest BCUT2D eigenvalue weighted by Gasteiger charge is -2.34. The number of hydrogen-bond donors (Lipinski definition) is 2. The highest BCUT2D eigenvalue weighted by atomic mass is 16.6. The van der Waals surface area contributed by atoms with Crippen molar-refractivity contribution in [2.45, 2.75) is 52.2 Å². The SMILES string of the molecule is Cc1ccc([N+](=O)[O-])c(N2CCCC(NNC(=O)OC(C)(C)C)C2)c1. The second kappa shape index (κ2) is 7.69. The maximum absolute atomic E-state index is 11.7. The van der Waals surface area contributed by atoms with Crippen molar-refractivity contribution in [1.82, 2.24) is 10.9 Å². The molecular formula is C17H26N4O4. The number of rotatable bonds is 4. The summed E-state index contributed by atoms with van der Waals surface area (Å²) in [4.78, 5) is 24.7. The fourth-order valence-electron chi connectivity index (χ4n) is 2.82. The Morgan fingerprint density at radius 3 is 2.76 bits per heavy atom. The van der Waals surface area contributed by atoms with Gasteiger partial charge in [-0.1, -0.05) is 6.07 Å². The van der Waals surface area contributed by atoms with Crippen molar-refractivity contribution in [3.05, 3.63) is 33.9 Å². The molecule has 8 nitrogen and oxygen atoms in total. The molecule has 2 N–H and O–H groups in total. The van der Waals surface area contributed by atoms with E-state index >= 15 is 0 Å². The van der Waals surface area contributed by atoms with Crippen LogP contribution in [0.3, 0.4) is 0 Å². The number of anilines is 1. The molecule has 8 heteroatoms. The number of nitro benzene ring substituents is 1.